The normalized spacial score (nSPS) is 22.9. The van der Waals surface area contributed by atoms with Crippen molar-refractivity contribution in [3.63, 3.8) is 0 Å². The number of allylic oxidation sites excluding steroid dienone is 2. The maximum absolute atomic E-state index is 5.57. The van der Waals surface area contributed by atoms with Crippen molar-refractivity contribution in [1.29, 1.82) is 0 Å². The van der Waals surface area contributed by atoms with Crippen molar-refractivity contribution in [2.24, 2.45) is 10.9 Å². The molecule has 23 heavy (non-hydrogen) atoms. The number of fused-ring (bicyclic) bond motifs is 1. The van der Waals surface area contributed by atoms with Gasteiger partial charge in [0.1, 0.15) is 17.2 Å². The Morgan fingerprint density at radius 3 is 2.78 bits per heavy atom. The first kappa shape index (κ1) is 15.8. The molecule has 122 valence electrons. The molecule has 0 fully saturated rings. The largest absolute Gasteiger partial charge is 0.500 e. The van der Waals surface area contributed by atoms with Gasteiger partial charge in [0.25, 0.3) is 0 Å². The summed E-state index contributed by atoms with van der Waals surface area (Å²) >= 11 is 1.59. The Hall–Kier alpha value is -2.08. The molecule has 1 aromatic rings. The van der Waals surface area contributed by atoms with Crippen molar-refractivity contribution in [2.45, 2.75) is 25.9 Å². The van der Waals surface area contributed by atoms with Crippen LogP contribution in [0, 0.1) is 5.92 Å². The summed E-state index contributed by atoms with van der Waals surface area (Å²) in [7, 11) is 3.36. The fourth-order valence-corrected chi connectivity index (χ4v) is 3.48. The Kier molecular flexibility index (Phi) is 4.52. The lowest BCUT2D eigenvalue weighted by molar-refractivity contribution is 0.244. The lowest BCUT2D eigenvalue weighted by atomic mass is 9.89. The van der Waals surface area contributed by atoms with Gasteiger partial charge in [0, 0.05) is 17.5 Å². The summed E-state index contributed by atoms with van der Waals surface area (Å²) in [6.45, 7) is 4.19. The molecule has 3 rings (SSSR count). The Bertz CT molecular complexity index is 700. The minimum absolute atomic E-state index is 0.0203. The fourth-order valence-electron chi connectivity index (χ4n) is 2.63. The van der Waals surface area contributed by atoms with E-state index in [1.165, 1.54) is 0 Å². The molecule has 6 heteroatoms. The molecule has 1 aromatic heterocycles. The molecule has 2 aliphatic rings. The molecule has 2 atom stereocenters. The van der Waals surface area contributed by atoms with Gasteiger partial charge in [0.2, 0.25) is 0 Å². The van der Waals surface area contributed by atoms with Crippen LogP contribution in [0.25, 0.3) is 0 Å². The molecule has 5 nitrogen and oxygen atoms in total. The molecule has 2 heterocycles. The second kappa shape index (κ2) is 6.58. The van der Waals surface area contributed by atoms with E-state index in [0.29, 0.717) is 6.04 Å². The second-order valence-electron chi connectivity index (χ2n) is 5.75. The zero-order valence-corrected chi connectivity index (χ0v) is 14.6. The van der Waals surface area contributed by atoms with E-state index in [4.69, 9.17) is 14.5 Å². The summed E-state index contributed by atoms with van der Waals surface area (Å²) in [5.41, 5.74) is 1.71. The summed E-state index contributed by atoms with van der Waals surface area (Å²) in [4.78, 5) is 9.46. The van der Waals surface area contributed by atoms with Gasteiger partial charge in [-0.3, -0.25) is 4.99 Å². The monoisotopic (exact) mass is 331 g/mol. The minimum Gasteiger partial charge on any atom is -0.500 e. The highest BCUT2D eigenvalue weighted by Gasteiger charge is 2.30. The summed E-state index contributed by atoms with van der Waals surface area (Å²) in [6.07, 6.45) is 8.04. The number of methoxy groups -OCH3 is 2. The first-order valence-electron chi connectivity index (χ1n) is 7.60. The zero-order chi connectivity index (χ0) is 16.4. The van der Waals surface area contributed by atoms with Crippen LogP contribution in [-0.2, 0) is 9.47 Å². The molecule has 1 aliphatic carbocycles. The third kappa shape index (κ3) is 3.32. The number of aromatic nitrogens is 1. The second-order valence-corrected chi connectivity index (χ2v) is 6.61. The highest BCUT2D eigenvalue weighted by atomic mass is 32.1. The quantitative estimate of drug-likeness (QED) is 0.898. The molecule has 1 aliphatic heterocycles. The van der Waals surface area contributed by atoms with E-state index in [9.17, 15) is 0 Å². The lowest BCUT2D eigenvalue weighted by Gasteiger charge is -2.28. The Balaban J connectivity index is 1.91. The Morgan fingerprint density at radius 2 is 2.09 bits per heavy atom. The number of rotatable bonds is 5. The first-order chi connectivity index (χ1) is 11.1. The van der Waals surface area contributed by atoms with E-state index in [2.05, 4.69) is 30.2 Å². The van der Waals surface area contributed by atoms with E-state index in [1.54, 1.807) is 25.6 Å². The highest BCUT2D eigenvalue weighted by molar-refractivity contribution is 7.13. The third-order valence-corrected chi connectivity index (χ3v) is 4.49. The van der Waals surface area contributed by atoms with E-state index >= 15 is 0 Å². The number of hydrogen-bond acceptors (Lipinski definition) is 6. The molecule has 0 saturated carbocycles. The molecule has 1 N–H and O–H groups in total. The van der Waals surface area contributed by atoms with Crippen LogP contribution in [0.5, 0.6) is 0 Å². The van der Waals surface area contributed by atoms with Crippen LogP contribution < -0.4 is 5.32 Å². The SMILES string of the molecule is COC1=CC2N=C(c3csc(NC(C)C)n3)C=C(OC)C2C=C1. The molecular weight excluding hydrogens is 310 g/mol. The van der Waals surface area contributed by atoms with Crippen molar-refractivity contribution in [3.8, 4) is 0 Å². The number of nitrogens with zero attached hydrogens (tertiary/aromatic N) is 2. The predicted molar refractivity (Wildman–Crippen MR) is 94.0 cm³/mol. The average molecular weight is 331 g/mol. The van der Waals surface area contributed by atoms with Crippen molar-refractivity contribution in [2.75, 3.05) is 19.5 Å². The predicted octanol–water partition coefficient (Wildman–Crippen LogP) is 3.38. The topological polar surface area (TPSA) is 55.7 Å². The molecule has 0 spiro atoms. The van der Waals surface area contributed by atoms with E-state index < -0.39 is 0 Å². The lowest BCUT2D eigenvalue weighted by Crippen LogP contribution is -2.27. The van der Waals surface area contributed by atoms with Gasteiger partial charge in [0.05, 0.1) is 31.9 Å². The number of ether oxygens (including phenoxy) is 2. The van der Waals surface area contributed by atoms with E-state index in [-0.39, 0.29) is 12.0 Å². The number of nitrogens with one attached hydrogen (secondary N) is 1. The van der Waals surface area contributed by atoms with Crippen molar-refractivity contribution < 1.29 is 9.47 Å². The highest BCUT2D eigenvalue weighted by Crippen LogP contribution is 2.31. The van der Waals surface area contributed by atoms with Crippen LogP contribution in [0.3, 0.4) is 0 Å². The molecule has 0 aromatic carbocycles. The van der Waals surface area contributed by atoms with Crippen LogP contribution in [0.2, 0.25) is 0 Å². The molecule has 0 amide bonds. The van der Waals surface area contributed by atoms with Gasteiger partial charge in [-0.1, -0.05) is 6.08 Å². The number of aliphatic imine (C=N–C) groups is 1. The molecule has 0 radical (unpaired) electrons. The van der Waals surface area contributed by atoms with Crippen molar-refractivity contribution >= 4 is 22.2 Å². The van der Waals surface area contributed by atoms with Crippen LogP contribution >= 0.6 is 11.3 Å². The summed E-state index contributed by atoms with van der Waals surface area (Å²) in [5, 5.41) is 6.25. The van der Waals surface area contributed by atoms with Crippen LogP contribution in [0.15, 0.2) is 46.2 Å². The van der Waals surface area contributed by atoms with Gasteiger partial charge >= 0.3 is 0 Å². The van der Waals surface area contributed by atoms with Gasteiger partial charge < -0.3 is 14.8 Å². The number of anilines is 1. The molecule has 0 saturated heterocycles. The Morgan fingerprint density at radius 1 is 1.26 bits per heavy atom. The maximum Gasteiger partial charge on any atom is 0.183 e. The van der Waals surface area contributed by atoms with Gasteiger partial charge in [-0.2, -0.15) is 0 Å². The fraction of sp³-hybridized carbons (Fsp3) is 0.412. The Labute approximate surface area is 140 Å². The third-order valence-electron chi connectivity index (χ3n) is 3.72. The van der Waals surface area contributed by atoms with Crippen LogP contribution in [-0.4, -0.2) is 37.0 Å². The van der Waals surface area contributed by atoms with Crippen molar-refractivity contribution in [3.05, 3.63) is 46.9 Å². The van der Waals surface area contributed by atoms with Gasteiger partial charge in [0.15, 0.2) is 5.13 Å². The average Bonchev–Trinajstić information content (AvgIpc) is 3.00. The van der Waals surface area contributed by atoms with Crippen LogP contribution in [0.4, 0.5) is 5.13 Å². The number of thiazole rings is 1. The standard InChI is InChI=1S/C17H21N3O2S/c1-10(2)18-17-20-15(9-23-17)14-8-16(22-4)12-6-5-11(21-3)7-13(12)19-14/h5-10,12-13H,1-4H3,(H,18,20). The zero-order valence-electron chi connectivity index (χ0n) is 13.7. The maximum atomic E-state index is 5.57. The van der Waals surface area contributed by atoms with Crippen molar-refractivity contribution in [1.82, 2.24) is 4.98 Å². The van der Waals surface area contributed by atoms with E-state index in [0.717, 1.165) is 28.1 Å². The summed E-state index contributed by atoms with van der Waals surface area (Å²) < 4.78 is 10.9. The number of hydrogen-bond donors (Lipinski definition) is 1. The van der Waals surface area contributed by atoms with Gasteiger partial charge in [-0.05, 0) is 26.0 Å². The molecular formula is C17H21N3O2S. The number of dihydropyridines is 1. The summed E-state index contributed by atoms with van der Waals surface area (Å²) in [5.74, 6) is 1.84. The van der Waals surface area contributed by atoms with E-state index in [1.807, 2.05) is 23.6 Å². The smallest absolute Gasteiger partial charge is 0.183 e. The van der Waals surface area contributed by atoms with Gasteiger partial charge in [-0.15, -0.1) is 11.3 Å². The summed E-state index contributed by atoms with van der Waals surface area (Å²) in [6, 6.07) is 0.334. The first-order valence-corrected chi connectivity index (χ1v) is 8.48. The van der Waals surface area contributed by atoms with Gasteiger partial charge in [-0.25, -0.2) is 4.98 Å². The van der Waals surface area contributed by atoms with Crippen LogP contribution in [0.1, 0.15) is 19.5 Å². The molecule has 0 bridgehead atoms. The molecule has 2 unspecified atom stereocenters. The minimum atomic E-state index is -0.0203.